The minimum atomic E-state index is -4.46. The number of furan rings is 1. The van der Waals surface area contributed by atoms with E-state index in [1.165, 1.54) is 24.0 Å². The Bertz CT molecular complexity index is 1060. The van der Waals surface area contributed by atoms with Gasteiger partial charge in [0.15, 0.2) is 0 Å². The molecule has 5 nitrogen and oxygen atoms in total. The van der Waals surface area contributed by atoms with Gasteiger partial charge in [-0.15, -0.1) is 0 Å². The van der Waals surface area contributed by atoms with Crippen molar-refractivity contribution in [3.63, 3.8) is 0 Å². The van der Waals surface area contributed by atoms with E-state index < -0.39 is 17.6 Å². The van der Waals surface area contributed by atoms with E-state index in [0.29, 0.717) is 17.9 Å². The number of nitrogens with zero attached hydrogens (tertiary/aromatic N) is 1. The summed E-state index contributed by atoms with van der Waals surface area (Å²) >= 11 is 0. The number of hydrogen-bond acceptors (Lipinski definition) is 4. The molecule has 0 fully saturated rings. The summed E-state index contributed by atoms with van der Waals surface area (Å²) in [5.74, 6) is -0.00167. The number of anilines is 2. The highest BCUT2D eigenvalue weighted by atomic mass is 19.4. The summed E-state index contributed by atoms with van der Waals surface area (Å²) in [6.45, 7) is 2.52. The molecule has 4 rings (SSSR count). The molecule has 0 saturated heterocycles. The lowest BCUT2D eigenvalue weighted by atomic mass is 10.1. The first-order chi connectivity index (χ1) is 14.3. The van der Waals surface area contributed by atoms with Gasteiger partial charge in [0, 0.05) is 11.7 Å². The van der Waals surface area contributed by atoms with Crippen molar-refractivity contribution in [1.82, 2.24) is 5.43 Å². The van der Waals surface area contributed by atoms with Crippen molar-refractivity contribution in [2.75, 3.05) is 10.3 Å². The van der Waals surface area contributed by atoms with Crippen LogP contribution in [-0.2, 0) is 19.1 Å². The molecule has 8 heteroatoms. The van der Waals surface area contributed by atoms with E-state index >= 15 is 0 Å². The van der Waals surface area contributed by atoms with E-state index in [0.717, 1.165) is 24.2 Å². The number of halogens is 3. The van der Waals surface area contributed by atoms with E-state index in [2.05, 4.69) is 28.7 Å². The third kappa shape index (κ3) is 3.98. The van der Waals surface area contributed by atoms with Crippen molar-refractivity contribution in [3.8, 4) is 0 Å². The first-order valence-electron chi connectivity index (χ1n) is 9.47. The van der Waals surface area contributed by atoms with Crippen LogP contribution in [0.15, 0.2) is 65.3 Å². The molecule has 1 aliphatic rings. The fourth-order valence-corrected chi connectivity index (χ4v) is 3.66. The number of carbonyl (C=O) groups excluding carboxylic acids is 1. The minimum Gasteiger partial charge on any atom is -0.467 e. The molecule has 0 saturated carbocycles. The Kier molecular flexibility index (Phi) is 5.15. The zero-order valence-corrected chi connectivity index (χ0v) is 16.2. The predicted molar refractivity (Wildman–Crippen MR) is 107 cm³/mol. The molecule has 0 aliphatic carbocycles. The molecular weight excluding hydrogens is 395 g/mol. The number of amides is 1. The zero-order chi connectivity index (χ0) is 21.3. The lowest BCUT2D eigenvalue weighted by Crippen LogP contribution is -2.32. The van der Waals surface area contributed by atoms with E-state index in [1.54, 1.807) is 6.07 Å². The molecule has 0 spiro atoms. The maximum atomic E-state index is 12.8. The molecule has 1 amide bonds. The zero-order valence-electron chi connectivity index (χ0n) is 16.2. The second-order valence-corrected chi connectivity index (χ2v) is 7.22. The Labute approximate surface area is 171 Å². The van der Waals surface area contributed by atoms with Crippen molar-refractivity contribution in [2.24, 2.45) is 0 Å². The van der Waals surface area contributed by atoms with Crippen LogP contribution in [0.3, 0.4) is 0 Å². The van der Waals surface area contributed by atoms with Crippen molar-refractivity contribution in [3.05, 3.63) is 83.3 Å². The quantitative estimate of drug-likeness (QED) is 0.576. The first-order valence-corrected chi connectivity index (χ1v) is 9.47. The monoisotopic (exact) mass is 415 g/mol. The molecule has 1 aromatic heterocycles. The summed E-state index contributed by atoms with van der Waals surface area (Å²) in [5.41, 5.74) is 6.98. The lowest BCUT2D eigenvalue weighted by Gasteiger charge is -2.24. The summed E-state index contributed by atoms with van der Waals surface area (Å²) < 4.78 is 44.1. The molecule has 156 valence electrons. The van der Waals surface area contributed by atoms with Crippen LogP contribution >= 0.6 is 0 Å². The third-order valence-corrected chi connectivity index (χ3v) is 5.16. The topological polar surface area (TPSA) is 57.5 Å². The Morgan fingerprint density at radius 1 is 1.17 bits per heavy atom. The van der Waals surface area contributed by atoms with Crippen LogP contribution in [-0.4, -0.2) is 11.9 Å². The standard InChI is InChI=1S/C22H20F3N3O2/c1-14-11-15-5-2-3-8-19(15)28(14)13-20-18(9-10-30-20)21(29)27-26-17-7-4-6-16(12-17)22(23,24)25/h2-10,12,14,26H,11,13H2,1H3,(H,27,29). The SMILES string of the molecule is CC1Cc2ccccc2N1Cc1occc1C(=O)NNc1cccc(C(F)(F)F)c1. The molecule has 0 radical (unpaired) electrons. The number of alkyl halides is 3. The highest BCUT2D eigenvalue weighted by molar-refractivity contribution is 5.95. The molecular formula is C22H20F3N3O2. The molecule has 30 heavy (non-hydrogen) atoms. The molecule has 3 aromatic rings. The summed E-state index contributed by atoms with van der Waals surface area (Å²) in [7, 11) is 0. The van der Waals surface area contributed by atoms with Gasteiger partial charge < -0.3 is 9.32 Å². The van der Waals surface area contributed by atoms with E-state index in [9.17, 15) is 18.0 Å². The van der Waals surface area contributed by atoms with Crippen LogP contribution in [0.5, 0.6) is 0 Å². The molecule has 2 heterocycles. The average Bonchev–Trinajstić information content (AvgIpc) is 3.31. The number of rotatable bonds is 5. The van der Waals surface area contributed by atoms with Crippen molar-refractivity contribution < 1.29 is 22.4 Å². The molecule has 1 atom stereocenters. The Hall–Kier alpha value is -3.42. The summed E-state index contributed by atoms with van der Waals surface area (Å²) in [4.78, 5) is 14.8. The van der Waals surface area contributed by atoms with Crippen LogP contribution in [0.4, 0.5) is 24.5 Å². The smallest absolute Gasteiger partial charge is 0.416 e. The first kappa shape index (κ1) is 19.9. The van der Waals surface area contributed by atoms with Crippen LogP contribution in [0.2, 0.25) is 0 Å². The number of para-hydroxylation sites is 1. The summed E-state index contributed by atoms with van der Waals surface area (Å²) in [5, 5.41) is 0. The van der Waals surface area contributed by atoms with Gasteiger partial charge in [-0.05, 0) is 49.2 Å². The molecule has 2 aromatic carbocycles. The molecule has 1 aliphatic heterocycles. The highest BCUT2D eigenvalue weighted by Gasteiger charge is 2.30. The number of hydrogen-bond donors (Lipinski definition) is 2. The van der Waals surface area contributed by atoms with Crippen molar-refractivity contribution in [2.45, 2.75) is 32.1 Å². The predicted octanol–water partition coefficient (Wildman–Crippen LogP) is 5.01. The number of carbonyl (C=O) groups is 1. The Balaban J connectivity index is 1.45. The van der Waals surface area contributed by atoms with Gasteiger partial charge in [-0.1, -0.05) is 24.3 Å². The van der Waals surface area contributed by atoms with Crippen LogP contribution in [0.25, 0.3) is 0 Å². The van der Waals surface area contributed by atoms with Gasteiger partial charge in [0.05, 0.1) is 29.6 Å². The van der Waals surface area contributed by atoms with Gasteiger partial charge in [-0.2, -0.15) is 13.2 Å². The van der Waals surface area contributed by atoms with E-state index in [4.69, 9.17) is 4.42 Å². The fourth-order valence-electron chi connectivity index (χ4n) is 3.66. The Morgan fingerprint density at radius 3 is 2.77 bits per heavy atom. The van der Waals surface area contributed by atoms with Crippen molar-refractivity contribution >= 4 is 17.3 Å². The van der Waals surface area contributed by atoms with Gasteiger partial charge in [0.2, 0.25) is 0 Å². The molecule has 2 N–H and O–H groups in total. The Morgan fingerprint density at radius 2 is 1.97 bits per heavy atom. The van der Waals surface area contributed by atoms with Gasteiger partial charge in [0.1, 0.15) is 5.76 Å². The lowest BCUT2D eigenvalue weighted by molar-refractivity contribution is -0.137. The average molecular weight is 415 g/mol. The maximum Gasteiger partial charge on any atom is 0.416 e. The van der Waals surface area contributed by atoms with E-state index in [1.807, 2.05) is 18.2 Å². The maximum absolute atomic E-state index is 12.8. The van der Waals surface area contributed by atoms with Crippen LogP contribution in [0.1, 0.15) is 34.2 Å². The number of nitrogens with one attached hydrogen (secondary N) is 2. The largest absolute Gasteiger partial charge is 0.467 e. The molecule has 0 bridgehead atoms. The number of fused-ring (bicyclic) bond motifs is 1. The number of hydrazine groups is 1. The van der Waals surface area contributed by atoms with Crippen molar-refractivity contribution in [1.29, 1.82) is 0 Å². The fraction of sp³-hybridized carbons (Fsp3) is 0.227. The van der Waals surface area contributed by atoms with Crippen LogP contribution in [0, 0.1) is 0 Å². The highest BCUT2D eigenvalue weighted by Crippen LogP contribution is 2.34. The van der Waals surface area contributed by atoms with Crippen LogP contribution < -0.4 is 15.8 Å². The van der Waals surface area contributed by atoms with Gasteiger partial charge in [0.25, 0.3) is 5.91 Å². The van der Waals surface area contributed by atoms with Gasteiger partial charge in [-0.25, -0.2) is 0 Å². The summed E-state index contributed by atoms with van der Waals surface area (Å²) in [6, 6.07) is 14.5. The van der Waals surface area contributed by atoms with Gasteiger partial charge in [-0.3, -0.25) is 15.6 Å². The normalized spacial score (nSPS) is 15.7. The third-order valence-electron chi connectivity index (χ3n) is 5.16. The minimum absolute atomic E-state index is 0.130. The van der Waals surface area contributed by atoms with Gasteiger partial charge >= 0.3 is 6.18 Å². The van der Waals surface area contributed by atoms with E-state index in [-0.39, 0.29) is 11.7 Å². The summed E-state index contributed by atoms with van der Waals surface area (Å²) in [6.07, 6.45) is -2.11. The number of benzene rings is 2. The second kappa shape index (κ2) is 7.78. The molecule has 1 unspecified atom stereocenters. The second-order valence-electron chi connectivity index (χ2n) is 7.22.